The molecule has 0 saturated carbocycles. The lowest BCUT2D eigenvalue weighted by atomic mass is 9.94. The Labute approximate surface area is 102 Å². The van der Waals surface area contributed by atoms with E-state index in [1.54, 1.807) is 7.11 Å². The van der Waals surface area contributed by atoms with Gasteiger partial charge in [-0.3, -0.25) is 0 Å². The third-order valence-corrected chi connectivity index (χ3v) is 3.52. The van der Waals surface area contributed by atoms with Gasteiger partial charge in [-0.05, 0) is 49.6 Å². The number of aryl methyl sites for hydroxylation is 1. The second-order valence-electron chi connectivity index (χ2n) is 4.35. The first-order chi connectivity index (χ1) is 7.72. The number of hydrogen-bond acceptors (Lipinski definition) is 2. The maximum absolute atomic E-state index is 6.17. The van der Waals surface area contributed by atoms with E-state index in [4.69, 9.17) is 16.3 Å². The van der Waals surface area contributed by atoms with Crippen molar-refractivity contribution in [2.75, 3.05) is 13.7 Å². The number of rotatable bonds is 2. The highest BCUT2D eigenvalue weighted by molar-refractivity contribution is 6.32. The summed E-state index contributed by atoms with van der Waals surface area (Å²) in [4.78, 5) is 0. The smallest absolute Gasteiger partial charge is 0.137 e. The zero-order chi connectivity index (χ0) is 11.5. The summed E-state index contributed by atoms with van der Waals surface area (Å²) in [5.74, 6) is 0.763. The van der Waals surface area contributed by atoms with Gasteiger partial charge in [-0.2, -0.15) is 0 Å². The highest BCUT2D eigenvalue weighted by Gasteiger charge is 2.18. The highest BCUT2D eigenvalue weighted by atomic mass is 35.5. The number of benzene rings is 1. The summed E-state index contributed by atoms with van der Waals surface area (Å²) in [6.45, 7) is 3.22. The van der Waals surface area contributed by atoms with Crippen LogP contribution in [0.25, 0.3) is 0 Å². The Morgan fingerprint density at radius 2 is 2.19 bits per heavy atom. The molecule has 1 aliphatic rings. The molecule has 1 aromatic rings. The van der Waals surface area contributed by atoms with Gasteiger partial charge in [0, 0.05) is 6.04 Å². The molecular weight excluding hydrogens is 222 g/mol. The Balaban J connectivity index is 2.29. The van der Waals surface area contributed by atoms with Gasteiger partial charge in [0.25, 0.3) is 0 Å². The topological polar surface area (TPSA) is 21.3 Å². The summed E-state index contributed by atoms with van der Waals surface area (Å²) in [6.07, 6.45) is 3.77. The predicted octanol–water partition coefficient (Wildman–Crippen LogP) is 3.47. The van der Waals surface area contributed by atoms with Crippen LogP contribution in [0.4, 0.5) is 0 Å². The molecule has 3 heteroatoms. The van der Waals surface area contributed by atoms with Crippen molar-refractivity contribution in [3.63, 3.8) is 0 Å². The van der Waals surface area contributed by atoms with Crippen molar-refractivity contribution >= 4 is 11.6 Å². The largest absolute Gasteiger partial charge is 0.495 e. The predicted molar refractivity (Wildman–Crippen MR) is 67.3 cm³/mol. The monoisotopic (exact) mass is 239 g/mol. The van der Waals surface area contributed by atoms with Crippen LogP contribution >= 0.6 is 11.6 Å². The molecule has 0 radical (unpaired) electrons. The van der Waals surface area contributed by atoms with Crippen LogP contribution in [0.3, 0.4) is 0 Å². The Morgan fingerprint density at radius 3 is 2.81 bits per heavy atom. The number of methoxy groups -OCH3 is 1. The van der Waals surface area contributed by atoms with E-state index in [2.05, 4.69) is 12.2 Å². The molecule has 2 nitrogen and oxygen atoms in total. The molecular formula is C13H18ClNO. The van der Waals surface area contributed by atoms with E-state index in [9.17, 15) is 0 Å². The van der Waals surface area contributed by atoms with E-state index in [1.165, 1.54) is 30.4 Å². The van der Waals surface area contributed by atoms with Crippen LogP contribution in [0.1, 0.15) is 36.4 Å². The minimum Gasteiger partial charge on any atom is -0.495 e. The maximum Gasteiger partial charge on any atom is 0.137 e. The highest BCUT2D eigenvalue weighted by Crippen LogP contribution is 2.33. The van der Waals surface area contributed by atoms with Crippen LogP contribution in [0.5, 0.6) is 5.75 Å². The lowest BCUT2D eigenvalue weighted by Crippen LogP contribution is -2.27. The molecule has 1 N–H and O–H groups in total. The van der Waals surface area contributed by atoms with E-state index in [1.807, 2.05) is 12.1 Å². The molecule has 1 atom stereocenters. The van der Waals surface area contributed by atoms with E-state index in [0.717, 1.165) is 12.3 Å². The van der Waals surface area contributed by atoms with Gasteiger partial charge in [0.2, 0.25) is 0 Å². The second kappa shape index (κ2) is 5.07. The SMILES string of the molecule is COc1cc(C)c(C2CCCCN2)cc1Cl. The first-order valence-electron chi connectivity index (χ1n) is 5.80. The molecule has 1 fully saturated rings. The van der Waals surface area contributed by atoms with Crippen molar-refractivity contribution < 1.29 is 4.74 Å². The second-order valence-corrected chi connectivity index (χ2v) is 4.75. The van der Waals surface area contributed by atoms with Crippen molar-refractivity contribution in [2.24, 2.45) is 0 Å². The van der Waals surface area contributed by atoms with E-state index < -0.39 is 0 Å². The number of piperidine rings is 1. The van der Waals surface area contributed by atoms with Gasteiger partial charge in [-0.1, -0.05) is 18.0 Å². The first kappa shape index (κ1) is 11.7. The minimum atomic E-state index is 0.456. The summed E-state index contributed by atoms with van der Waals surface area (Å²) in [5, 5.41) is 4.25. The molecule has 88 valence electrons. The molecule has 1 heterocycles. The van der Waals surface area contributed by atoms with E-state index in [-0.39, 0.29) is 0 Å². The van der Waals surface area contributed by atoms with Gasteiger partial charge in [0.1, 0.15) is 5.75 Å². The summed E-state index contributed by atoms with van der Waals surface area (Å²) in [7, 11) is 1.65. The first-order valence-corrected chi connectivity index (χ1v) is 6.17. The average Bonchev–Trinajstić information content (AvgIpc) is 2.32. The molecule has 1 aromatic carbocycles. The number of hydrogen-bond donors (Lipinski definition) is 1. The molecule has 0 amide bonds. The molecule has 1 saturated heterocycles. The lowest BCUT2D eigenvalue weighted by molar-refractivity contribution is 0.405. The zero-order valence-corrected chi connectivity index (χ0v) is 10.6. The summed E-state index contributed by atoms with van der Waals surface area (Å²) >= 11 is 6.17. The van der Waals surface area contributed by atoms with Gasteiger partial charge < -0.3 is 10.1 Å². The number of halogens is 1. The normalized spacial score (nSPS) is 20.8. The Morgan fingerprint density at radius 1 is 1.38 bits per heavy atom. The Bertz CT molecular complexity index is 372. The number of nitrogens with one attached hydrogen (secondary N) is 1. The fourth-order valence-electron chi connectivity index (χ4n) is 2.32. The van der Waals surface area contributed by atoms with Crippen molar-refractivity contribution in [3.8, 4) is 5.75 Å². The quantitative estimate of drug-likeness (QED) is 0.853. The lowest BCUT2D eigenvalue weighted by Gasteiger charge is -2.25. The van der Waals surface area contributed by atoms with Crippen LogP contribution in [-0.2, 0) is 0 Å². The van der Waals surface area contributed by atoms with E-state index >= 15 is 0 Å². The molecule has 0 aromatic heterocycles. The third-order valence-electron chi connectivity index (χ3n) is 3.23. The van der Waals surface area contributed by atoms with Crippen LogP contribution in [0.2, 0.25) is 5.02 Å². The van der Waals surface area contributed by atoms with Gasteiger partial charge in [0.05, 0.1) is 12.1 Å². The van der Waals surface area contributed by atoms with Crippen LogP contribution in [0.15, 0.2) is 12.1 Å². The third kappa shape index (κ3) is 2.33. The molecule has 0 spiro atoms. The van der Waals surface area contributed by atoms with Crippen LogP contribution in [-0.4, -0.2) is 13.7 Å². The zero-order valence-electron chi connectivity index (χ0n) is 9.85. The molecule has 1 unspecified atom stereocenters. The Kier molecular flexibility index (Phi) is 3.72. The Hall–Kier alpha value is -0.730. The van der Waals surface area contributed by atoms with Crippen molar-refractivity contribution in [2.45, 2.75) is 32.2 Å². The molecule has 16 heavy (non-hydrogen) atoms. The van der Waals surface area contributed by atoms with Gasteiger partial charge in [-0.15, -0.1) is 0 Å². The van der Waals surface area contributed by atoms with Crippen LogP contribution in [0, 0.1) is 6.92 Å². The fraction of sp³-hybridized carbons (Fsp3) is 0.538. The summed E-state index contributed by atoms with van der Waals surface area (Å²) in [6, 6.07) is 4.52. The summed E-state index contributed by atoms with van der Waals surface area (Å²) in [5.41, 5.74) is 2.56. The van der Waals surface area contributed by atoms with Crippen molar-refractivity contribution in [3.05, 3.63) is 28.3 Å². The summed E-state index contributed by atoms with van der Waals surface area (Å²) < 4.78 is 5.22. The van der Waals surface area contributed by atoms with Gasteiger partial charge >= 0.3 is 0 Å². The molecule has 0 aliphatic carbocycles. The van der Waals surface area contributed by atoms with Gasteiger partial charge in [-0.25, -0.2) is 0 Å². The standard InChI is InChI=1S/C13H18ClNO/c1-9-7-13(16-2)11(14)8-10(9)12-5-3-4-6-15-12/h7-8,12,15H,3-6H2,1-2H3. The molecule has 2 rings (SSSR count). The van der Waals surface area contributed by atoms with Crippen molar-refractivity contribution in [1.82, 2.24) is 5.32 Å². The van der Waals surface area contributed by atoms with Crippen molar-refractivity contribution in [1.29, 1.82) is 0 Å². The molecule has 1 aliphatic heterocycles. The maximum atomic E-state index is 6.17. The van der Waals surface area contributed by atoms with Crippen LogP contribution < -0.4 is 10.1 Å². The molecule has 0 bridgehead atoms. The van der Waals surface area contributed by atoms with Gasteiger partial charge in [0.15, 0.2) is 0 Å². The average molecular weight is 240 g/mol. The van der Waals surface area contributed by atoms with E-state index in [0.29, 0.717) is 11.1 Å². The fourth-order valence-corrected chi connectivity index (χ4v) is 2.57. The number of ether oxygens (including phenoxy) is 1. The minimum absolute atomic E-state index is 0.456.